The molecule has 1 saturated carbocycles. The van der Waals surface area contributed by atoms with Gasteiger partial charge < -0.3 is 16.0 Å². The molecule has 1 aromatic rings. The minimum Gasteiger partial charge on any atom is -0.347 e. The van der Waals surface area contributed by atoms with Crippen molar-refractivity contribution in [2.24, 2.45) is 17.6 Å². The van der Waals surface area contributed by atoms with Crippen molar-refractivity contribution >= 4 is 5.91 Å². The van der Waals surface area contributed by atoms with Gasteiger partial charge in [0.1, 0.15) is 5.82 Å². The summed E-state index contributed by atoms with van der Waals surface area (Å²) in [5.74, 6) is 1.32. The molecule has 1 aliphatic carbocycles. The Morgan fingerprint density at radius 2 is 2.39 bits per heavy atom. The van der Waals surface area contributed by atoms with Crippen LogP contribution in [0, 0.1) is 11.8 Å². The van der Waals surface area contributed by atoms with Crippen molar-refractivity contribution in [2.75, 3.05) is 6.54 Å². The molecule has 100 valence electrons. The largest absolute Gasteiger partial charge is 0.347 e. The van der Waals surface area contributed by atoms with Crippen molar-refractivity contribution in [3.05, 3.63) is 18.2 Å². The summed E-state index contributed by atoms with van der Waals surface area (Å²) < 4.78 is 0. The smallest absolute Gasteiger partial charge is 0.224 e. The van der Waals surface area contributed by atoms with E-state index in [1.165, 1.54) is 6.42 Å². The third-order valence-electron chi connectivity index (χ3n) is 3.84. The second-order valence-corrected chi connectivity index (χ2v) is 5.09. The minimum atomic E-state index is -0.0761. The van der Waals surface area contributed by atoms with Crippen molar-refractivity contribution in [2.45, 2.75) is 38.6 Å². The Balaban J connectivity index is 1.94. The number of imidazole rings is 1. The van der Waals surface area contributed by atoms with Gasteiger partial charge in [0, 0.05) is 18.3 Å². The maximum atomic E-state index is 12.3. The lowest BCUT2D eigenvalue weighted by Crippen LogP contribution is -2.40. The molecule has 0 aliphatic heterocycles. The number of nitrogens with one attached hydrogen (secondary N) is 2. The summed E-state index contributed by atoms with van der Waals surface area (Å²) in [5.41, 5.74) is 5.76. The summed E-state index contributed by atoms with van der Waals surface area (Å²) in [4.78, 5) is 19.4. The fourth-order valence-electron chi connectivity index (χ4n) is 2.74. The molecule has 1 fully saturated rings. The Morgan fingerprint density at radius 3 is 3.06 bits per heavy atom. The van der Waals surface area contributed by atoms with Gasteiger partial charge in [-0.15, -0.1) is 0 Å². The van der Waals surface area contributed by atoms with Crippen LogP contribution in [-0.4, -0.2) is 22.4 Å². The molecule has 3 atom stereocenters. The van der Waals surface area contributed by atoms with Gasteiger partial charge in [-0.2, -0.15) is 0 Å². The number of amides is 1. The molecule has 1 heterocycles. The van der Waals surface area contributed by atoms with E-state index in [2.05, 4.69) is 15.3 Å². The van der Waals surface area contributed by atoms with E-state index in [0.29, 0.717) is 12.5 Å². The van der Waals surface area contributed by atoms with Crippen LogP contribution in [0.15, 0.2) is 12.4 Å². The molecule has 0 bridgehead atoms. The van der Waals surface area contributed by atoms with Gasteiger partial charge in [0.05, 0.1) is 6.04 Å². The summed E-state index contributed by atoms with van der Waals surface area (Å²) in [6.45, 7) is 2.55. The van der Waals surface area contributed by atoms with E-state index in [4.69, 9.17) is 5.73 Å². The Kier molecular flexibility index (Phi) is 4.36. The highest BCUT2D eigenvalue weighted by molar-refractivity contribution is 5.79. The van der Waals surface area contributed by atoms with E-state index in [9.17, 15) is 4.79 Å². The van der Waals surface area contributed by atoms with Crippen LogP contribution < -0.4 is 11.1 Å². The van der Waals surface area contributed by atoms with Crippen molar-refractivity contribution in [3.8, 4) is 0 Å². The molecule has 18 heavy (non-hydrogen) atoms. The van der Waals surface area contributed by atoms with Crippen LogP contribution in [0.5, 0.6) is 0 Å². The van der Waals surface area contributed by atoms with Crippen molar-refractivity contribution in [1.29, 1.82) is 0 Å². The van der Waals surface area contributed by atoms with E-state index in [0.717, 1.165) is 25.1 Å². The van der Waals surface area contributed by atoms with Crippen LogP contribution in [-0.2, 0) is 4.79 Å². The molecule has 0 spiro atoms. The topological polar surface area (TPSA) is 83.8 Å². The molecule has 1 amide bonds. The molecule has 1 aliphatic rings. The Bertz CT molecular complexity index is 376. The number of carbonyl (C=O) groups is 1. The van der Waals surface area contributed by atoms with E-state index in [1.54, 1.807) is 12.4 Å². The number of aromatic amines is 1. The van der Waals surface area contributed by atoms with Crippen molar-refractivity contribution in [3.63, 3.8) is 0 Å². The van der Waals surface area contributed by atoms with Gasteiger partial charge in [0.2, 0.25) is 5.91 Å². The lowest BCUT2D eigenvalue weighted by atomic mass is 9.78. The molecule has 5 nitrogen and oxygen atoms in total. The summed E-state index contributed by atoms with van der Waals surface area (Å²) in [7, 11) is 0. The molecule has 2 rings (SSSR count). The van der Waals surface area contributed by atoms with Crippen LogP contribution in [0.3, 0.4) is 0 Å². The third kappa shape index (κ3) is 2.90. The fourth-order valence-corrected chi connectivity index (χ4v) is 2.74. The normalized spacial score (nSPS) is 25.7. The maximum Gasteiger partial charge on any atom is 0.224 e. The van der Waals surface area contributed by atoms with Crippen LogP contribution >= 0.6 is 0 Å². The zero-order chi connectivity index (χ0) is 13.0. The van der Waals surface area contributed by atoms with Crippen molar-refractivity contribution in [1.82, 2.24) is 15.3 Å². The minimum absolute atomic E-state index is 0.0705. The first-order valence-electron chi connectivity index (χ1n) is 6.72. The highest BCUT2D eigenvalue weighted by atomic mass is 16.2. The number of hydrogen-bond acceptors (Lipinski definition) is 3. The molecule has 0 saturated heterocycles. The van der Waals surface area contributed by atoms with Gasteiger partial charge in [-0.1, -0.05) is 12.8 Å². The first-order chi connectivity index (χ1) is 8.72. The third-order valence-corrected chi connectivity index (χ3v) is 3.84. The standard InChI is InChI=1S/C13H22N4O/c1-9(12-15-6-7-16-12)17-13(18)11-5-3-2-4-10(11)8-14/h6-7,9-11H,2-5,8,14H2,1H3,(H,15,16)(H,17,18). The quantitative estimate of drug-likeness (QED) is 0.754. The Morgan fingerprint density at radius 1 is 1.61 bits per heavy atom. The second kappa shape index (κ2) is 6.00. The summed E-state index contributed by atoms with van der Waals surface area (Å²) in [6.07, 6.45) is 7.81. The first-order valence-corrected chi connectivity index (χ1v) is 6.72. The van der Waals surface area contributed by atoms with Gasteiger partial charge in [-0.3, -0.25) is 4.79 Å². The fraction of sp³-hybridized carbons (Fsp3) is 0.692. The van der Waals surface area contributed by atoms with E-state index in [-0.39, 0.29) is 17.9 Å². The van der Waals surface area contributed by atoms with Gasteiger partial charge in [0.25, 0.3) is 0 Å². The van der Waals surface area contributed by atoms with Crippen molar-refractivity contribution < 1.29 is 4.79 Å². The molecule has 4 N–H and O–H groups in total. The number of H-pyrrole nitrogens is 1. The molecular weight excluding hydrogens is 228 g/mol. The zero-order valence-corrected chi connectivity index (χ0v) is 10.9. The van der Waals surface area contributed by atoms with Gasteiger partial charge >= 0.3 is 0 Å². The van der Waals surface area contributed by atoms with E-state index in [1.807, 2.05) is 6.92 Å². The predicted molar refractivity (Wildman–Crippen MR) is 69.6 cm³/mol. The lowest BCUT2D eigenvalue weighted by Gasteiger charge is -2.30. The molecule has 1 aromatic heterocycles. The molecule has 0 aromatic carbocycles. The monoisotopic (exact) mass is 250 g/mol. The Labute approximate surface area is 108 Å². The van der Waals surface area contributed by atoms with Crippen LogP contribution in [0.25, 0.3) is 0 Å². The average molecular weight is 250 g/mol. The van der Waals surface area contributed by atoms with Gasteiger partial charge in [-0.25, -0.2) is 4.98 Å². The number of hydrogen-bond donors (Lipinski definition) is 3. The SMILES string of the molecule is CC(NC(=O)C1CCCCC1CN)c1ncc[nH]1. The van der Waals surface area contributed by atoms with Crippen LogP contribution in [0.2, 0.25) is 0 Å². The van der Waals surface area contributed by atoms with Crippen LogP contribution in [0.4, 0.5) is 0 Å². The zero-order valence-electron chi connectivity index (χ0n) is 10.9. The summed E-state index contributed by atoms with van der Waals surface area (Å²) in [5, 5.41) is 3.03. The number of nitrogens with zero attached hydrogens (tertiary/aromatic N) is 1. The van der Waals surface area contributed by atoms with Gasteiger partial charge in [-0.05, 0) is 32.2 Å². The number of rotatable bonds is 4. The highest BCUT2D eigenvalue weighted by Gasteiger charge is 2.30. The highest BCUT2D eigenvalue weighted by Crippen LogP contribution is 2.29. The molecule has 0 radical (unpaired) electrons. The second-order valence-electron chi connectivity index (χ2n) is 5.09. The number of nitrogens with two attached hydrogens (primary N) is 1. The maximum absolute atomic E-state index is 12.3. The van der Waals surface area contributed by atoms with E-state index >= 15 is 0 Å². The summed E-state index contributed by atoms with van der Waals surface area (Å²) >= 11 is 0. The molecule has 5 heteroatoms. The van der Waals surface area contributed by atoms with E-state index < -0.39 is 0 Å². The number of carbonyl (C=O) groups excluding carboxylic acids is 1. The average Bonchev–Trinajstić information content (AvgIpc) is 2.92. The van der Waals surface area contributed by atoms with Crippen LogP contribution in [0.1, 0.15) is 44.5 Å². The first kappa shape index (κ1) is 13.1. The molecule has 3 unspecified atom stereocenters. The Hall–Kier alpha value is -1.36. The molecular formula is C13H22N4O. The summed E-state index contributed by atoms with van der Waals surface area (Å²) in [6, 6.07) is -0.0761. The predicted octanol–water partition coefficient (Wildman–Crippen LogP) is 1.35. The number of aromatic nitrogens is 2. The van der Waals surface area contributed by atoms with Gasteiger partial charge in [0.15, 0.2) is 0 Å². The lowest BCUT2D eigenvalue weighted by molar-refractivity contribution is -0.128.